The van der Waals surface area contributed by atoms with Crippen LogP contribution in [0.15, 0.2) is 0 Å². The van der Waals surface area contributed by atoms with Crippen LogP contribution in [0, 0.1) is 5.41 Å². The monoisotopic (exact) mass is 212 g/mol. The van der Waals surface area contributed by atoms with Crippen molar-refractivity contribution in [2.45, 2.75) is 51.8 Å². The van der Waals surface area contributed by atoms with Crippen molar-refractivity contribution in [3.05, 3.63) is 0 Å². The molecule has 0 radical (unpaired) electrons. The lowest BCUT2D eigenvalue weighted by Crippen LogP contribution is -2.54. The molecule has 1 aliphatic carbocycles. The first-order valence-electron chi connectivity index (χ1n) is 6.12. The third kappa shape index (κ3) is 2.19. The highest BCUT2D eigenvalue weighted by Gasteiger charge is 2.42. The fraction of sp³-hybridized carbons (Fsp3) is 1.00. The molecule has 1 heterocycles. The normalized spacial score (nSPS) is 42.0. The predicted octanol–water partition coefficient (Wildman–Crippen LogP) is 1.22. The zero-order valence-electron chi connectivity index (χ0n) is 10.2. The molecule has 0 aromatic carbocycles. The molecule has 2 aliphatic rings. The van der Waals surface area contributed by atoms with Crippen LogP contribution in [-0.4, -0.2) is 42.8 Å². The summed E-state index contributed by atoms with van der Waals surface area (Å²) in [5, 5.41) is 0. The minimum Gasteiger partial charge on any atom is -0.376 e. The maximum absolute atomic E-state index is 6.35. The molecule has 0 bridgehead atoms. The van der Waals surface area contributed by atoms with E-state index in [-0.39, 0.29) is 0 Å². The highest BCUT2D eigenvalue weighted by Crippen LogP contribution is 2.38. The third-order valence-corrected chi connectivity index (χ3v) is 4.14. The Morgan fingerprint density at radius 1 is 1.40 bits per heavy atom. The van der Waals surface area contributed by atoms with E-state index >= 15 is 0 Å². The predicted molar refractivity (Wildman–Crippen MR) is 61.8 cm³/mol. The lowest BCUT2D eigenvalue weighted by Gasteiger charge is -2.39. The van der Waals surface area contributed by atoms with Crippen molar-refractivity contribution in [3.8, 4) is 0 Å². The van der Waals surface area contributed by atoms with Gasteiger partial charge in [-0.25, -0.2) is 0 Å². The SMILES string of the molecule is CC1CN(C2CCC(C)(C)C2N)CCO1. The fourth-order valence-electron chi connectivity index (χ4n) is 2.94. The fourth-order valence-corrected chi connectivity index (χ4v) is 2.94. The Kier molecular flexibility index (Phi) is 3.06. The van der Waals surface area contributed by atoms with Crippen molar-refractivity contribution in [2.75, 3.05) is 19.7 Å². The summed E-state index contributed by atoms with van der Waals surface area (Å²) in [5.41, 5.74) is 6.66. The summed E-state index contributed by atoms with van der Waals surface area (Å²) in [7, 11) is 0. The molecule has 2 N–H and O–H groups in total. The average Bonchev–Trinajstić information content (AvgIpc) is 2.42. The molecule has 0 aromatic heterocycles. The minimum absolute atomic E-state index is 0.312. The zero-order chi connectivity index (χ0) is 11.1. The van der Waals surface area contributed by atoms with Gasteiger partial charge in [0.2, 0.25) is 0 Å². The first-order chi connectivity index (χ1) is 7.00. The average molecular weight is 212 g/mol. The van der Waals surface area contributed by atoms with Crippen molar-refractivity contribution in [1.82, 2.24) is 4.90 Å². The van der Waals surface area contributed by atoms with Crippen LogP contribution in [0.1, 0.15) is 33.6 Å². The Bertz CT molecular complexity index is 230. The topological polar surface area (TPSA) is 38.5 Å². The van der Waals surface area contributed by atoms with Gasteiger partial charge in [-0.2, -0.15) is 0 Å². The Balaban J connectivity index is 1.99. The van der Waals surface area contributed by atoms with Gasteiger partial charge < -0.3 is 10.5 Å². The van der Waals surface area contributed by atoms with E-state index in [0.717, 1.165) is 19.7 Å². The molecule has 1 saturated carbocycles. The molecule has 88 valence electrons. The van der Waals surface area contributed by atoms with E-state index in [1.165, 1.54) is 12.8 Å². The van der Waals surface area contributed by atoms with Crippen LogP contribution in [-0.2, 0) is 4.74 Å². The molecule has 0 aromatic rings. The van der Waals surface area contributed by atoms with Gasteiger partial charge in [-0.3, -0.25) is 4.90 Å². The van der Waals surface area contributed by atoms with E-state index in [1.54, 1.807) is 0 Å². The summed E-state index contributed by atoms with van der Waals surface area (Å²) < 4.78 is 5.57. The molecular formula is C12H24N2O. The standard InChI is InChI=1S/C12H24N2O/c1-9-8-14(6-7-15-9)10-4-5-12(2,3)11(10)13/h9-11H,4-8,13H2,1-3H3. The molecule has 2 rings (SSSR count). The number of hydrogen-bond acceptors (Lipinski definition) is 3. The van der Waals surface area contributed by atoms with Crippen LogP contribution < -0.4 is 5.73 Å². The second-order valence-corrected chi connectivity index (χ2v) is 5.80. The van der Waals surface area contributed by atoms with Gasteiger partial charge in [-0.1, -0.05) is 13.8 Å². The first-order valence-corrected chi connectivity index (χ1v) is 6.12. The van der Waals surface area contributed by atoms with Gasteiger partial charge in [0.1, 0.15) is 0 Å². The Hall–Kier alpha value is -0.120. The van der Waals surface area contributed by atoms with E-state index in [4.69, 9.17) is 10.5 Å². The summed E-state index contributed by atoms with van der Waals surface area (Å²) in [5.74, 6) is 0. The van der Waals surface area contributed by atoms with Gasteiger partial charge in [0.25, 0.3) is 0 Å². The van der Waals surface area contributed by atoms with Gasteiger partial charge >= 0.3 is 0 Å². The second-order valence-electron chi connectivity index (χ2n) is 5.80. The Morgan fingerprint density at radius 2 is 2.13 bits per heavy atom. The van der Waals surface area contributed by atoms with Crippen LogP contribution in [0.3, 0.4) is 0 Å². The van der Waals surface area contributed by atoms with Crippen LogP contribution in [0.4, 0.5) is 0 Å². The molecule has 2 fully saturated rings. The molecule has 3 heteroatoms. The first kappa shape index (κ1) is 11.4. The molecule has 3 nitrogen and oxygen atoms in total. The summed E-state index contributed by atoms with van der Waals surface area (Å²) >= 11 is 0. The highest BCUT2D eigenvalue weighted by molar-refractivity contribution is 4.99. The lowest BCUT2D eigenvalue weighted by molar-refractivity contribution is -0.0369. The van der Waals surface area contributed by atoms with Gasteiger partial charge in [-0.15, -0.1) is 0 Å². The van der Waals surface area contributed by atoms with Crippen molar-refractivity contribution >= 4 is 0 Å². The van der Waals surface area contributed by atoms with E-state index < -0.39 is 0 Å². The smallest absolute Gasteiger partial charge is 0.0674 e. The Labute approximate surface area is 93.0 Å². The molecule has 15 heavy (non-hydrogen) atoms. The number of nitrogens with two attached hydrogens (primary N) is 1. The van der Waals surface area contributed by atoms with Crippen LogP contribution in [0.2, 0.25) is 0 Å². The van der Waals surface area contributed by atoms with E-state index in [0.29, 0.717) is 23.6 Å². The summed E-state index contributed by atoms with van der Waals surface area (Å²) in [6.07, 6.45) is 2.88. The summed E-state index contributed by atoms with van der Waals surface area (Å²) in [4.78, 5) is 2.54. The maximum Gasteiger partial charge on any atom is 0.0674 e. The zero-order valence-corrected chi connectivity index (χ0v) is 10.2. The number of ether oxygens (including phenoxy) is 1. The van der Waals surface area contributed by atoms with Crippen molar-refractivity contribution < 1.29 is 4.74 Å². The molecular weight excluding hydrogens is 188 g/mol. The van der Waals surface area contributed by atoms with Crippen molar-refractivity contribution in [1.29, 1.82) is 0 Å². The van der Waals surface area contributed by atoms with Crippen LogP contribution >= 0.6 is 0 Å². The van der Waals surface area contributed by atoms with Gasteiger partial charge in [0, 0.05) is 25.2 Å². The lowest BCUT2D eigenvalue weighted by atomic mass is 9.87. The molecule has 3 atom stereocenters. The molecule has 3 unspecified atom stereocenters. The molecule has 0 spiro atoms. The minimum atomic E-state index is 0.312. The molecule has 0 amide bonds. The third-order valence-electron chi connectivity index (χ3n) is 4.14. The van der Waals surface area contributed by atoms with Crippen molar-refractivity contribution in [2.24, 2.45) is 11.1 Å². The Morgan fingerprint density at radius 3 is 2.67 bits per heavy atom. The van der Waals surface area contributed by atoms with E-state index in [2.05, 4.69) is 25.7 Å². The van der Waals surface area contributed by atoms with Gasteiger partial charge in [-0.05, 0) is 25.2 Å². The number of rotatable bonds is 1. The largest absolute Gasteiger partial charge is 0.376 e. The van der Waals surface area contributed by atoms with Crippen molar-refractivity contribution in [3.63, 3.8) is 0 Å². The summed E-state index contributed by atoms with van der Waals surface area (Å²) in [6, 6.07) is 0.897. The van der Waals surface area contributed by atoms with Crippen LogP contribution in [0.25, 0.3) is 0 Å². The van der Waals surface area contributed by atoms with Gasteiger partial charge in [0.15, 0.2) is 0 Å². The van der Waals surface area contributed by atoms with E-state index in [1.807, 2.05) is 0 Å². The number of nitrogens with zero attached hydrogens (tertiary/aromatic N) is 1. The highest BCUT2D eigenvalue weighted by atomic mass is 16.5. The van der Waals surface area contributed by atoms with Crippen LogP contribution in [0.5, 0.6) is 0 Å². The molecule has 1 aliphatic heterocycles. The van der Waals surface area contributed by atoms with E-state index in [9.17, 15) is 0 Å². The molecule has 1 saturated heterocycles. The second kappa shape index (κ2) is 4.04. The van der Waals surface area contributed by atoms with Gasteiger partial charge in [0.05, 0.1) is 12.7 Å². The number of morpholine rings is 1. The number of hydrogen-bond donors (Lipinski definition) is 1. The maximum atomic E-state index is 6.35. The summed E-state index contributed by atoms with van der Waals surface area (Å²) in [6.45, 7) is 9.71. The quantitative estimate of drug-likeness (QED) is 0.710.